The summed E-state index contributed by atoms with van der Waals surface area (Å²) in [5.74, 6) is 0. The molecular formula is C13H17N5S. The zero-order chi connectivity index (χ0) is 13.7. The molecule has 2 aromatic rings. The Hall–Kier alpha value is -1.53. The first-order valence-electron chi connectivity index (χ1n) is 6.20. The molecule has 19 heavy (non-hydrogen) atoms. The van der Waals surface area contributed by atoms with Crippen molar-refractivity contribution in [3.05, 3.63) is 35.9 Å². The van der Waals surface area contributed by atoms with E-state index in [1.807, 2.05) is 19.3 Å². The summed E-state index contributed by atoms with van der Waals surface area (Å²) < 4.78 is 0. The molecule has 0 amide bonds. The summed E-state index contributed by atoms with van der Waals surface area (Å²) in [5, 5.41) is 1.31. The third-order valence-electron chi connectivity index (χ3n) is 2.64. The lowest BCUT2D eigenvalue weighted by Gasteiger charge is -2.07. The minimum absolute atomic E-state index is 0.169. The van der Waals surface area contributed by atoms with E-state index in [0.717, 1.165) is 24.0 Å². The Labute approximate surface area is 117 Å². The minimum Gasteiger partial charge on any atom is -0.327 e. The quantitative estimate of drug-likeness (QED) is 0.841. The van der Waals surface area contributed by atoms with Crippen molar-refractivity contribution in [3.63, 3.8) is 0 Å². The molecule has 100 valence electrons. The predicted molar refractivity (Wildman–Crippen MR) is 74.9 cm³/mol. The third-order valence-corrected chi connectivity index (χ3v) is 3.43. The highest BCUT2D eigenvalue weighted by Crippen LogP contribution is 2.19. The van der Waals surface area contributed by atoms with Crippen molar-refractivity contribution >= 4 is 11.8 Å². The Kier molecular flexibility index (Phi) is 4.81. The van der Waals surface area contributed by atoms with Gasteiger partial charge in [-0.25, -0.2) is 19.9 Å². The number of aromatic nitrogens is 4. The number of nitrogens with zero attached hydrogens (tertiary/aromatic N) is 4. The molecule has 2 aromatic heterocycles. The van der Waals surface area contributed by atoms with Crippen LogP contribution in [0.1, 0.15) is 24.5 Å². The average Bonchev–Trinajstić information content (AvgIpc) is 2.43. The van der Waals surface area contributed by atoms with E-state index in [1.54, 1.807) is 12.4 Å². The lowest BCUT2D eigenvalue weighted by molar-refractivity contribution is 0.641. The smallest absolute Gasteiger partial charge is 0.195 e. The van der Waals surface area contributed by atoms with Crippen LogP contribution in [-0.2, 0) is 6.42 Å². The number of rotatable bonds is 5. The second kappa shape index (κ2) is 6.58. The molecule has 1 atom stereocenters. The van der Waals surface area contributed by atoms with Gasteiger partial charge in [-0.2, -0.15) is 0 Å². The van der Waals surface area contributed by atoms with Crippen LogP contribution in [0.4, 0.5) is 0 Å². The van der Waals surface area contributed by atoms with Crippen LogP contribution < -0.4 is 5.73 Å². The molecule has 0 saturated heterocycles. The van der Waals surface area contributed by atoms with Gasteiger partial charge in [-0.1, -0.05) is 6.92 Å². The normalized spacial score (nSPS) is 12.4. The summed E-state index contributed by atoms with van der Waals surface area (Å²) in [6, 6.07) is 0.169. The van der Waals surface area contributed by atoms with Gasteiger partial charge < -0.3 is 5.73 Å². The molecule has 2 N–H and O–H groups in total. The second-order valence-electron chi connectivity index (χ2n) is 4.39. The van der Waals surface area contributed by atoms with Crippen molar-refractivity contribution in [2.75, 3.05) is 0 Å². The van der Waals surface area contributed by atoms with Crippen molar-refractivity contribution in [1.82, 2.24) is 19.9 Å². The van der Waals surface area contributed by atoms with Gasteiger partial charge in [0.2, 0.25) is 0 Å². The Morgan fingerprint density at radius 3 is 2.11 bits per heavy atom. The van der Waals surface area contributed by atoms with E-state index in [9.17, 15) is 0 Å². The van der Waals surface area contributed by atoms with E-state index in [0.29, 0.717) is 10.3 Å². The first-order valence-corrected chi connectivity index (χ1v) is 7.02. The fraction of sp³-hybridized carbons (Fsp3) is 0.385. The van der Waals surface area contributed by atoms with E-state index in [2.05, 4.69) is 26.9 Å². The highest BCUT2D eigenvalue weighted by atomic mass is 32.2. The van der Waals surface area contributed by atoms with Gasteiger partial charge >= 0.3 is 0 Å². The van der Waals surface area contributed by atoms with Crippen molar-refractivity contribution in [2.24, 2.45) is 5.73 Å². The summed E-state index contributed by atoms with van der Waals surface area (Å²) in [6.07, 6.45) is 8.96. The Morgan fingerprint density at radius 1 is 1.05 bits per heavy atom. The van der Waals surface area contributed by atoms with Gasteiger partial charge in [0, 0.05) is 30.8 Å². The monoisotopic (exact) mass is 275 g/mol. The topological polar surface area (TPSA) is 77.6 Å². The maximum Gasteiger partial charge on any atom is 0.195 e. The molecule has 0 aliphatic carbocycles. The van der Waals surface area contributed by atoms with Crippen molar-refractivity contribution in [1.29, 1.82) is 0 Å². The van der Waals surface area contributed by atoms with E-state index in [4.69, 9.17) is 5.73 Å². The third kappa shape index (κ3) is 4.25. The Balaban J connectivity index is 2.00. The lowest BCUT2D eigenvalue weighted by atomic mass is 10.1. The van der Waals surface area contributed by atoms with Crippen LogP contribution in [-0.4, -0.2) is 26.0 Å². The van der Waals surface area contributed by atoms with Gasteiger partial charge in [0.25, 0.3) is 0 Å². The van der Waals surface area contributed by atoms with Crippen LogP contribution in [0.25, 0.3) is 0 Å². The summed E-state index contributed by atoms with van der Waals surface area (Å²) in [5.41, 5.74) is 8.00. The molecule has 1 unspecified atom stereocenters. The van der Waals surface area contributed by atoms with Crippen LogP contribution in [0.3, 0.4) is 0 Å². The fourth-order valence-corrected chi connectivity index (χ4v) is 2.05. The predicted octanol–water partition coefficient (Wildman–Crippen LogP) is 2.01. The van der Waals surface area contributed by atoms with E-state index < -0.39 is 0 Å². The molecule has 0 spiro atoms. The molecular weight excluding hydrogens is 258 g/mol. The molecule has 6 heteroatoms. The van der Waals surface area contributed by atoms with E-state index >= 15 is 0 Å². The van der Waals surface area contributed by atoms with Gasteiger partial charge in [-0.05, 0) is 42.7 Å². The minimum atomic E-state index is 0.169. The summed E-state index contributed by atoms with van der Waals surface area (Å²) in [7, 11) is 0. The van der Waals surface area contributed by atoms with Crippen LogP contribution in [0.2, 0.25) is 0 Å². The first-order chi connectivity index (χ1) is 9.17. The Morgan fingerprint density at radius 2 is 1.58 bits per heavy atom. The van der Waals surface area contributed by atoms with Crippen molar-refractivity contribution in [3.8, 4) is 0 Å². The largest absolute Gasteiger partial charge is 0.327 e. The number of hydrogen-bond acceptors (Lipinski definition) is 6. The van der Waals surface area contributed by atoms with E-state index in [1.165, 1.54) is 11.8 Å². The van der Waals surface area contributed by atoms with Gasteiger partial charge in [0.05, 0.1) is 0 Å². The zero-order valence-corrected chi connectivity index (χ0v) is 11.9. The molecule has 5 nitrogen and oxygen atoms in total. The molecule has 0 bridgehead atoms. The number of nitrogens with two attached hydrogens (primary N) is 1. The van der Waals surface area contributed by atoms with Crippen LogP contribution in [0.15, 0.2) is 35.1 Å². The van der Waals surface area contributed by atoms with Crippen LogP contribution in [0.5, 0.6) is 0 Å². The molecule has 0 saturated carbocycles. The first kappa shape index (κ1) is 13.9. The number of aryl methyl sites for hydroxylation is 1. The van der Waals surface area contributed by atoms with Crippen LogP contribution in [0, 0.1) is 6.92 Å². The average molecular weight is 275 g/mol. The zero-order valence-electron chi connectivity index (χ0n) is 11.1. The maximum atomic E-state index is 5.90. The van der Waals surface area contributed by atoms with Gasteiger partial charge in [-0.15, -0.1) is 0 Å². The molecule has 0 fully saturated rings. The molecule has 0 aliphatic rings. The van der Waals surface area contributed by atoms with Gasteiger partial charge in [0.15, 0.2) is 10.3 Å². The fourth-order valence-electron chi connectivity index (χ4n) is 1.46. The number of hydrogen-bond donors (Lipinski definition) is 1. The molecule has 0 aromatic carbocycles. The summed E-state index contributed by atoms with van der Waals surface area (Å²) in [6.45, 7) is 4.03. The highest BCUT2D eigenvalue weighted by Gasteiger charge is 2.05. The van der Waals surface area contributed by atoms with E-state index in [-0.39, 0.29) is 6.04 Å². The van der Waals surface area contributed by atoms with Crippen LogP contribution >= 0.6 is 11.8 Å². The maximum absolute atomic E-state index is 5.90. The SMILES string of the molecule is CCC(N)Cc1cnc(Sc2ncc(C)cn2)nc1. The molecule has 2 heterocycles. The molecule has 2 rings (SSSR count). The lowest BCUT2D eigenvalue weighted by Crippen LogP contribution is -2.21. The summed E-state index contributed by atoms with van der Waals surface area (Å²) >= 11 is 1.35. The Bertz CT molecular complexity index is 512. The molecule has 0 aliphatic heterocycles. The van der Waals surface area contributed by atoms with Crippen molar-refractivity contribution in [2.45, 2.75) is 43.0 Å². The molecule has 0 radical (unpaired) electrons. The van der Waals surface area contributed by atoms with Gasteiger partial charge in [0.1, 0.15) is 0 Å². The highest BCUT2D eigenvalue weighted by molar-refractivity contribution is 7.99. The van der Waals surface area contributed by atoms with Crippen molar-refractivity contribution < 1.29 is 0 Å². The second-order valence-corrected chi connectivity index (χ2v) is 5.33. The summed E-state index contributed by atoms with van der Waals surface area (Å²) in [4.78, 5) is 17.0. The standard InChI is InChI=1S/C13H17N5S/c1-3-11(14)4-10-7-17-13(18-8-10)19-12-15-5-9(2)6-16-12/h5-8,11H,3-4,14H2,1-2H3. The van der Waals surface area contributed by atoms with Gasteiger partial charge in [-0.3, -0.25) is 0 Å².